The van der Waals surface area contributed by atoms with Crippen LogP contribution in [0.2, 0.25) is 5.02 Å². The fourth-order valence-electron chi connectivity index (χ4n) is 4.19. The molecule has 222 valence electrons. The minimum Gasteiger partial charge on any atom is -0.595 e. The first-order chi connectivity index (χ1) is 20.4. The molecule has 43 heavy (non-hydrogen) atoms. The highest BCUT2D eigenvalue weighted by molar-refractivity contribution is 7.17. The smallest absolute Gasteiger partial charge is 0.322 e. The molecular formula is C25H21ClN8O8S. The van der Waals surface area contributed by atoms with Gasteiger partial charge in [0, 0.05) is 16.7 Å². The number of fused-ring (bicyclic) bond motifs is 1. The van der Waals surface area contributed by atoms with E-state index in [1.165, 1.54) is 13.0 Å². The predicted molar refractivity (Wildman–Crippen MR) is 151 cm³/mol. The van der Waals surface area contributed by atoms with Crippen molar-refractivity contribution < 1.29 is 34.9 Å². The van der Waals surface area contributed by atoms with Crippen LogP contribution in [-0.4, -0.2) is 47.1 Å². The van der Waals surface area contributed by atoms with E-state index < -0.39 is 34.0 Å². The number of carbonyl (C=O) groups is 2. The number of aryl methyl sites for hydroxylation is 1. The van der Waals surface area contributed by atoms with E-state index in [-0.39, 0.29) is 56.5 Å². The van der Waals surface area contributed by atoms with Crippen molar-refractivity contribution in [1.29, 1.82) is 0 Å². The first kappa shape index (κ1) is 30.0. The Kier molecular flexibility index (Phi) is 8.40. The van der Waals surface area contributed by atoms with Gasteiger partial charge in [-0.05, 0) is 32.0 Å². The van der Waals surface area contributed by atoms with E-state index in [4.69, 9.17) is 16.0 Å². The number of hydrogen-bond acceptors (Lipinski definition) is 14. The Labute approximate surface area is 249 Å². The standard InChI is InChI=1S/C25H21ClN8O8S/c1-10-15(6-13(33(38)39)7-19(10)34(40)41)23-31-32-24(42-23)30-25-27-11(2)21(43-25)20(36)9-14(35)8-18-22(37)29-17-5-12(26)3-4-16(17)28-18/h3-7,33-34,38,40H,8-9H2,1-2H3,(H,29,37)(H,27,30,32). The zero-order valence-electron chi connectivity index (χ0n) is 22.2. The van der Waals surface area contributed by atoms with E-state index in [1.54, 1.807) is 25.1 Å². The van der Waals surface area contributed by atoms with Gasteiger partial charge >= 0.3 is 6.01 Å². The summed E-state index contributed by atoms with van der Waals surface area (Å²) < 4.78 is 5.57. The second kappa shape index (κ2) is 12.0. The first-order valence-corrected chi connectivity index (χ1v) is 13.5. The molecule has 5 rings (SSSR count). The molecule has 0 spiro atoms. The highest BCUT2D eigenvalue weighted by Crippen LogP contribution is 2.32. The number of nitrogens with one attached hydrogen (secondary N) is 4. The monoisotopic (exact) mass is 628 g/mol. The summed E-state index contributed by atoms with van der Waals surface area (Å²) in [5.74, 6) is -1.16. The summed E-state index contributed by atoms with van der Waals surface area (Å²) in [6.45, 7) is 3.06. The number of carbonyl (C=O) groups excluding carboxylic acids is 2. The van der Waals surface area contributed by atoms with Crippen LogP contribution in [0.3, 0.4) is 0 Å². The summed E-state index contributed by atoms with van der Waals surface area (Å²) in [6, 6.07) is 6.85. The van der Waals surface area contributed by atoms with E-state index in [0.29, 0.717) is 21.7 Å². The number of aromatic amines is 1. The van der Waals surface area contributed by atoms with Crippen LogP contribution in [0.5, 0.6) is 0 Å². The van der Waals surface area contributed by atoms with Crippen molar-refractivity contribution in [1.82, 2.24) is 25.1 Å². The second-order valence-electron chi connectivity index (χ2n) is 9.27. The maximum atomic E-state index is 12.9. The van der Waals surface area contributed by atoms with Crippen LogP contribution >= 0.6 is 22.9 Å². The normalized spacial score (nSPS) is 12.8. The van der Waals surface area contributed by atoms with Crippen molar-refractivity contribution in [3.05, 3.63) is 78.0 Å². The Balaban J connectivity index is 1.29. The number of nitrogens with zero attached hydrogens (tertiary/aromatic N) is 4. The molecule has 0 bridgehead atoms. The van der Waals surface area contributed by atoms with Gasteiger partial charge < -0.3 is 19.8 Å². The number of quaternary nitrogens is 2. The van der Waals surface area contributed by atoms with Crippen LogP contribution in [0.1, 0.15) is 33.0 Å². The molecule has 2 aromatic carbocycles. The van der Waals surface area contributed by atoms with Crippen LogP contribution in [0.25, 0.3) is 22.5 Å². The van der Waals surface area contributed by atoms with Gasteiger partial charge in [-0.2, -0.15) is 10.5 Å². The molecule has 0 saturated carbocycles. The zero-order valence-corrected chi connectivity index (χ0v) is 23.8. The fraction of sp³-hybridized carbons (Fsp3) is 0.160. The number of thiazole rings is 1. The number of aromatic nitrogens is 5. The molecule has 0 aliphatic carbocycles. The Morgan fingerprint density at radius 1 is 1.12 bits per heavy atom. The summed E-state index contributed by atoms with van der Waals surface area (Å²) in [5.41, 5.74) is 0.454. The van der Waals surface area contributed by atoms with Crippen molar-refractivity contribution in [3.63, 3.8) is 0 Å². The van der Waals surface area contributed by atoms with Gasteiger partial charge in [0.25, 0.3) is 5.56 Å². The Hall–Kier alpha value is -4.46. The number of Topliss-reactive ketones (excluding diaryl/α,β-unsaturated/α-hetero) is 2. The Bertz CT molecular complexity index is 1940. The van der Waals surface area contributed by atoms with Gasteiger partial charge in [-0.1, -0.05) is 28.0 Å². The van der Waals surface area contributed by atoms with Crippen LogP contribution in [0.4, 0.5) is 22.5 Å². The lowest BCUT2D eigenvalue weighted by molar-refractivity contribution is -0.996. The molecule has 0 amide bonds. The highest BCUT2D eigenvalue weighted by atomic mass is 35.5. The summed E-state index contributed by atoms with van der Waals surface area (Å²) in [4.78, 5) is 49.3. The third kappa shape index (κ3) is 6.48. The molecule has 18 heteroatoms. The molecule has 0 saturated heterocycles. The van der Waals surface area contributed by atoms with Crippen LogP contribution < -0.4 is 21.3 Å². The van der Waals surface area contributed by atoms with Gasteiger partial charge in [-0.25, -0.2) is 20.4 Å². The van der Waals surface area contributed by atoms with Gasteiger partial charge in [0.15, 0.2) is 22.3 Å². The molecule has 3 aromatic heterocycles. The maximum absolute atomic E-state index is 12.9. The highest BCUT2D eigenvalue weighted by Gasteiger charge is 2.23. The molecule has 0 aliphatic heterocycles. The summed E-state index contributed by atoms with van der Waals surface area (Å²) in [7, 11) is 0. The molecule has 3 heterocycles. The van der Waals surface area contributed by atoms with E-state index in [0.717, 1.165) is 17.4 Å². The van der Waals surface area contributed by atoms with Crippen LogP contribution in [0, 0.1) is 24.3 Å². The maximum Gasteiger partial charge on any atom is 0.322 e. The van der Waals surface area contributed by atoms with E-state index >= 15 is 0 Å². The molecule has 5 aromatic rings. The number of hydrogen-bond donors (Lipinski definition) is 6. The van der Waals surface area contributed by atoms with E-state index in [2.05, 4.69) is 30.5 Å². The molecule has 0 fully saturated rings. The van der Waals surface area contributed by atoms with Crippen LogP contribution in [0.15, 0.2) is 39.5 Å². The quantitative estimate of drug-likeness (QED) is 0.0733. The third-order valence-corrected chi connectivity index (χ3v) is 7.60. The molecular weight excluding hydrogens is 608 g/mol. The average molecular weight is 629 g/mol. The van der Waals surface area contributed by atoms with Gasteiger partial charge in [-0.15, -0.1) is 5.10 Å². The minimum absolute atomic E-state index is 0.0252. The fourth-order valence-corrected chi connectivity index (χ4v) is 5.26. The summed E-state index contributed by atoms with van der Waals surface area (Å²) >= 11 is 6.87. The molecule has 6 N–H and O–H groups in total. The molecule has 2 atom stereocenters. The largest absolute Gasteiger partial charge is 0.595 e. The van der Waals surface area contributed by atoms with Crippen molar-refractivity contribution in [2.45, 2.75) is 26.7 Å². The molecule has 0 radical (unpaired) electrons. The average Bonchev–Trinajstić information content (AvgIpc) is 3.55. The van der Waals surface area contributed by atoms with Gasteiger partial charge in [-0.3, -0.25) is 19.7 Å². The Morgan fingerprint density at radius 3 is 2.60 bits per heavy atom. The first-order valence-electron chi connectivity index (χ1n) is 12.3. The lowest BCUT2D eigenvalue weighted by Crippen LogP contribution is -3.01. The third-order valence-electron chi connectivity index (χ3n) is 6.25. The molecule has 0 aliphatic rings. The number of halogens is 1. The predicted octanol–water partition coefficient (Wildman–Crippen LogP) is 1.63. The molecule has 2 unspecified atom stereocenters. The van der Waals surface area contributed by atoms with Crippen molar-refractivity contribution in [2.24, 2.45) is 0 Å². The van der Waals surface area contributed by atoms with Gasteiger partial charge in [0.1, 0.15) is 11.5 Å². The van der Waals surface area contributed by atoms with Crippen molar-refractivity contribution in [2.75, 3.05) is 5.32 Å². The SMILES string of the molecule is Cc1nc(Nc2nnc(-c3cc([NH+]([O-])O)cc([NH+]([O-])O)c3C)o2)sc1C(=O)CC(=O)Cc1nc2ccc(Cl)cc2[nH]c1=O. The van der Waals surface area contributed by atoms with Gasteiger partial charge in [0.05, 0.1) is 46.1 Å². The minimum atomic E-state index is -1.33. The number of benzene rings is 2. The van der Waals surface area contributed by atoms with Crippen molar-refractivity contribution in [3.8, 4) is 11.5 Å². The van der Waals surface area contributed by atoms with Crippen LogP contribution in [-0.2, 0) is 11.2 Å². The lowest BCUT2D eigenvalue weighted by atomic mass is 10.1. The van der Waals surface area contributed by atoms with E-state index in [1.807, 2.05) is 0 Å². The number of rotatable bonds is 10. The lowest BCUT2D eigenvalue weighted by Gasteiger charge is -2.18. The second-order valence-corrected chi connectivity index (χ2v) is 10.7. The topological polar surface area (TPSA) is 239 Å². The number of anilines is 2. The van der Waals surface area contributed by atoms with Gasteiger partial charge in [0.2, 0.25) is 5.89 Å². The van der Waals surface area contributed by atoms with Crippen molar-refractivity contribution >= 4 is 68.1 Å². The summed E-state index contributed by atoms with van der Waals surface area (Å²) in [6.07, 6.45) is -0.836. The number of H-pyrrole nitrogens is 1. The molecule has 16 nitrogen and oxygen atoms in total. The zero-order chi connectivity index (χ0) is 31.0. The summed E-state index contributed by atoms with van der Waals surface area (Å²) in [5, 5.41) is 50.3. The Morgan fingerprint density at radius 2 is 1.88 bits per heavy atom. The van der Waals surface area contributed by atoms with E-state index in [9.17, 15) is 35.2 Å². The number of ketones is 2.